The van der Waals surface area contributed by atoms with Crippen LogP contribution in [0, 0.1) is 0 Å². The first-order valence-corrected chi connectivity index (χ1v) is 10.1. The highest BCUT2D eigenvalue weighted by atomic mass is 79.9. The van der Waals surface area contributed by atoms with Gasteiger partial charge in [-0.2, -0.15) is 0 Å². The number of thiophene rings is 1. The molecule has 0 aliphatic rings. The van der Waals surface area contributed by atoms with Crippen LogP contribution in [0.3, 0.4) is 0 Å². The summed E-state index contributed by atoms with van der Waals surface area (Å²) in [6.45, 7) is 3.20. The third-order valence-corrected chi connectivity index (χ3v) is 6.17. The fraction of sp³-hybridized carbons (Fsp3) is 0.333. The van der Waals surface area contributed by atoms with E-state index in [2.05, 4.69) is 80.7 Å². The molecule has 2 rings (SSSR count). The van der Waals surface area contributed by atoms with Gasteiger partial charge < -0.3 is 5.32 Å². The smallest absolute Gasteiger partial charge is 0.0761 e. The van der Waals surface area contributed by atoms with Crippen molar-refractivity contribution in [1.29, 1.82) is 0 Å². The molecule has 1 heterocycles. The number of rotatable bonds is 6. The molecule has 2 aromatic rings. The van der Waals surface area contributed by atoms with Crippen LogP contribution in [0.4, 0.5) is 0 Å². The van der Waals surface area contributed by atoms with Gasteiger partial charge in [-0.15, -0.1) is 23.1 Å². The molecule has 1 aromatic carbocycles. The van der Waals surface area contributed by atoms with Gasteiger partial charge in [-0.05, 0) is 80.4 Å². The van der Waals surface area contributed by atoms with E-state index in [0.29, 0.717) is 0 Å². The Labute approximate surface area is 145 Å². The van der Waals surface area contributed by atoms with E-state index < -0.39 is 0 Å². The van der Waals surface area contributed by atoms with Gasteiger partial charge in [0.2, 0.25) is 0 Å². The zero-order chi connectivity index (χ0) is 14.5. The van der Waals surface area contributed by atoms with Gasteiger partial charge in [0.15, 0.2) is 0 Å². The number of benzene rings is 1. The van der Waals surface area contributed by atoms with Crippen LogP contribution < -0.4 is 5.32 Å². The molecule has 0 spiro atoms. The summed E-state index contributed by atoms with van der Waals surface area (Å²) in [4.78, 5) is 1.30. The van der Waals surface area contributed by atoms with Crippen molar-refractivity contribution in [1.82, 2.24) is 5.32 Å². The van der Waals surface area contributed by atoms with Crippen LogP contribution in [0.5, 0.6) is 0 Å². The summed E-state index contributed by atoms with van der Waals surface area (Å²) < 4.78 is 2.34. The van der Waals surface area contributed by atoms with Crippen LogP contribution in [0.2, 0.25) is 0 Å². The van der Waals surface area contributed by atoms with Gasteiger partial charge in [-0.3, -0.25) is 0 Å². The minimum atomic E-state index is 0.239. The molecule has 108 valence electrons. The maximum Gasteiger partial charge on any atom is 0.0761 e. The first kappa shape index (κ1) is 16.6. The Hall–Kier alpha value is 0.190. The van der Waals surface area contributed by atoms with E-state index >= 15 is 0 Å². The van der Waals surface area contributed by atoms with Gasteiger partial charge in [-0.25, -0.2) is 0 Å². The van der Waals surface area contributed by atoms with Gasteiger partial charge in [0, 0.05) is 4.90 Å². The second-order valence-corrected chi connectivity index (χ2v) is 9.07. The molecule has 1 N–H and O–H groups in total. The molecular formula is C15H17Br2NS2. The van der Waals surface area contributed by atoms with Crippen molar-refractivity contribution < 1.29 is 0 Å². The minimum Gasteiger partial charge on any atom is -0.306 e. The average Bonchev–Trinajstić information content (AvgIpc) is 2.79. The lowest BCUT2D eigenvalue weighted by Crippen LogP contribution is -2.23. The Morgan fingerprint density at radius 2 is 1.95 bits per heavy atom. The summed E-state index contributed by atoms with van der Waals surface area (Å²) in [6.07, 6.45) is 3.23. The zero-order valence-corrected chi connectivity index (χ0v) is 16.3. The van der Waals surface area contributed by atoms with Crippen LogP contribution in [-0.4, -0.2) is 12.8 Å². The monoisotopic (exact) mass is 433 g/mol. The van der Waals surface area contributed by atoms with E-state index in [1.807, 2.05) is 0 Å². The summed E-state index contributed by atoms with van der Waals surface area (Å²) in [5.41, 5.74) is 2.61. The topological polar surface area (TPSA) is 12.0 Å². The molecule has 5 heteroatoms. The van der Waals surface area contributed by atoms with E-state index in [-0.39, 0.29) is 6.04 Å². The van der Waals surface area contributed by atoms with Gasteiger partial charge in [0.05, 0.1) is 13.6 Å². The highest BCUT2D eigenvalue weighted by Crippen LogP contribution is 2.38. The Morgan fingerprint density at radius 3 is 2.45 bits per heavy atom. The summed E-state index contributed by atoms with van der Waals surface area (Å²) in [6, 6.07) is 11.3. The highest BCUT2D eigenvalue weighted by molar-refractivity contribution is 9.12. The van der Waals surface area contributed by atoms with Gasteiger partial charge in [-0.1, -0.05) is 19.1 Å². The first-order valence-electron chi connectivity index (χ1n) is 6.47. The molecule has 0 saturated heterocycles. The zero-order valence-electron chi connectivity index (χ0n) is 11.5. The lowest BCUT2D eigenvalue weighted by atomic mass is 10.0. The van der Waals surface area contributed by atoms with Crippen molar-refractivity contribution in [2.24, 2.45) is 0 Å². The largest absolute Gasteiger partial charge is 0.306 e. The van der Waals surface area contributed by atoms with Gasteiger partial charge >= 0.3 is 0 Å². The Bertz CT molecular complexity index is 552. The third kappa shape index (κ3) is 4.10. The van der Waals surface area contributed by atoms with Crippen molar-refractivity contribution in [2.75, 3.05) is 12.8 Å². The molecule has 1 aromatic heterocycles. The summed E-state index contributed by atoms with van der Waals surface area (Å²) >= 11 is 10.7. The predicted octanol–water partition coefficient (Wildman–Crippen LogP) is 6.08. The lowest BCUT2D eigenvalue weighted by molar-refractivity contribution is 0.598. The van der Waals surface area contributed by atoms with Crippen molar-refractivity contribution >= 4 is 55.0 Å². The van der Waals surface area contributed by atoms with Gasteiger partial charge in [0.25, 0.3) is 0 Å². The lowest BCUT2D eigenvalue weighted by Gasteiger charge is -2.19. The maximum atomic E-state index is 3.68. The molecule has 0 radical (unpaired) electrons. The summed E-state index contributed by atoms with van der Waals surface area (Å²) in [7, 11) is 0. The number of hydrogen-bond donors (Lipinski definition) is 1. The number of thioether (sulfide) groups is 1. The minimum absolute atomic E-state index is 0.239. The Balaban J connectivity index is 2.33. The number of hydrogen-bond acceptors (Lipinski definition) is 3. The average molecular weight is 435 g/mol. The van der Waals surface area contributed by atoms with Crippen molar-refractivity contribution in [3.8, 4) is 0 Å². The fourth-order valence-corrected chi connectivity index (χ4v) is 5.35. The van der Waals surface area contributed by atoms with Crippen LogP contribution in [-0.2, 0) is 0 Å². The summed E-state index contributed by atoms with van der Waals surface area (Å²) in [5, 5.41) is 3.64. The molecule has 20 heavy (non-hydrogen) atoms. The van der Waals surface area contributed by atoms with E-state index in [0.717, 1.165) is 16.8 Å². The number of halogens is 2. The molecule has 0 aliphatic heterocycles. The van der Waals surface area contributed by atoms with E-state index in [9.17, 15) is 0 Å². The molecule has 0 aliphatic carbocycles. The fourth-order valence-electron chi connectivity index (χ4n) is 2.04. The Kier molecular flexibility index (Phi) is 6.62. The van der Waals surface area contributed by atoms with Crippen LogP contribution >= 0.6 is 55.0 Å². The van der Waals surface area contributed by atoms with Crippen LogP contribution in [0.1, 0.15) is 30.5 Å². The van der Waals surface area contributed by atoms with Crippen LogP contribution in [0.15, 0.2) is 42.8 Å². The van der Waals surface area contributed by atoms with Crippen molar-refractivity contribution in [2.45, 2.75) is 24.3 Å². The predicted molar refractivity (Wildman–Crippen MR) is 98.1 cm³/mol. The first-order chi connectivity index (χ1) is 9.65. The molecule has 1 nitrogen and oxygen atoms in total. The van der Waals surface area contributed by atoms with Gasteiger partial charge in [0.1, 0.15) is 0 Å². The second-order valence-electron chi connectivity index (χ2n) is 4.44. The maximum absolute atomic E-state index is 3.68. The van der Waals surface area contributed by atoms with Crippen molar-refractivity contribution in [3.05, 3.63) is 49.0 Å². The summed E-state index contributed by atoms with van der Waals surface area (Å²) in [5.74, 6) is 0. The third-order valence-electron chi connectivity index (χ3n) is 3.04. The molecule has 0 amide bonds. The second kappa shape index (κ2) is 7.99. The quantitative estimate of drug-likeness (QED) is 0.552. The molecular weight excluding hydrogens is 418 g/mol. The Morgan fingerprint density at radius 1 is 1.25 bits per heavy atom. The van der Waals surface area contributed by atoms with E-state index in [1.165, 1.54) is 19.8 Å². The molecule has 0 saturated carbocycles. The SMILES string of the molecule is CCCNC(c1ccc(SC)cc1)c1cc(Br)sc1Br. The highest BCUT2D eigenvalue weighted by Gasteiger charge is 2.18. The van der Waals surface area contributed by atoms with E-state index in [4.69, 9.17) is 0 Å². The number of nitrogens with one attached hydrogen (secondary N) is 1. The molecule has 1 unspecified atom stereocenters. The van der Waals surface area contributed by atoms with E-state index in [1.54, 1.807) is 23.1 Å². The van der Waals surface area contributed by atoms with Crippen LogP contribution in [0.25, 0.3) is 0 Å². The van der Waals surface area contributed by atoms with Crippen molar-refractivity contribution in [3.63, 3.8) is 0 Å². The molecule has 1 atom stereocenters. The standard InChI is InChI=1S/C15H17Br2NS2/c1-3-8-18-14(12-9-13(16)20-15(12)17)10-4-6-11(19-2)7-5-10/h4-7,9,14,18H,3,8H2,1-2H3. The molecule has 0 fully saturated rings. The molecule has 0 bridgehead atoms. The normalized spacial score (nSPS) is 12.6.